The van der Waals surface area contributed by atoms with Crippen LogP contribution in [0, 0.1) is 5.82 Å². The van der Waals surface area contributed by atoms with Gasteiger partial charge in [0.1, 0.15) is 12.2 Å². The molecular formula is C30H30Cl2FN3O6S. The molecule has 0 bridgehead atoms. The highest BCUT2D eigenvalue weighted by molar-refractivity contribution is 7.93. The zero-order chi connectivity index (χ0) is 30.9. The molecule has 228 valence electrons. The summed E-state index contributed by atoms with van der Waals surface area (Å²) >= 11 is 12.5. The van der Waals surface area contributed by atoms with Crippen LogP contribution < -0.4 is 4.31 Å². The van der Waals surface area contributed by atoms with Crippen molar-refractivity contribution in [2.24, 2.45) is 0 Å². The third kappa shape index (κ3) is 6.64. The third-order valence-corrected chi connectivity index (χ3v) is 10.4. The standard InChI is InChI=1S/C30H30Cl2FN3O6S/c1-2-22(17-35(43(40,41)23-12-13-23)29-24(33)7-4-14-34-29)36-27(18-8-10-20(31)11-9-18)28(19-5-3-6-21(32)15-19)42-25(30(36)39)16-26(37)38/h3-11,14-15,22-23,25,27-28H,2,12-13,16-17H2,1H3,(H,37,38)/t22-,25+,27+,28+/m1/s1. The first-order chi connectivity index (χ1) is 20.5. The summed E-state index contributed by atoms with van der Waals surface area (Å²) in [5.41, 5.74) is 1.21. The number of benzene rings is 2. The monoisotopic (exact) mass is 649 g/mol. The molecule has 43 heavy (non-hydrogen) atoms. The quantitative estimate of drug-likeness (QED) is 0.279. The number of anilines is 1. The molecule has 1 amide bonds. The van der Waals surface area contributed by atoms with E-state index in [2.05, 4.69) is 4.98 Å². The molecule has 2 fully saturated rings. The minimum Gasteiger partial charge on any atom is -0.481 e. The molecule has 1 aliphatic heterocycles. The van der Waals surface area contributed by atoms with Crippen LogP contribution in [0.1, 0.15) is 55.9 Å². The van der Waals surface area contributed by atoms with Crippen molar-refractivity contribution in [3.05, 3.63) is 93.8 Å². The first-order valence-corrected chi connectivity index (χ1v) is 16.1. The van der Waals surface area contributed by atoms with Crippen LogP contribution >= 0.6 is 23.2 Å². The Bertz CT molecular complexity index is 1610. The highest BCUT2D eigenvalue weighted by Crippen LogP contribution is 2.45. The van der Waals surface area contributed by atoms with E-state index in [4.69, 9.17) is 27.9 Å². The second-order valence-electron chi connectivity index (χ2n) is 10.6. The van der Waals surface area contributed by atoms with E-state index in [0.29, 0.717) is 34.0 Å². The highest BCUT2D eigenvalue weighted by atomic mass is 35.5. The number of aliphatic carboxylic acids is 1. The van der Waals surface area contributed by atoms with Gasteiger partial charge in [0.15, 0.2) is 11.6 Å². The molecule has 9 nitrogen and oxygen atoms in total. The molecule has 1 aromatic heterocycles. The van der Waals surface area contributed by atoms with Crippen molar-refractivity contribution in [3.8, 4) is 0 Å². The molecule has 1 N–H and O–H groups in total. The molecule has 3 aromatic rings. The van der Waals surface area contributed by atoms with Crippen molar-refractivity contribution >= 4 is 50.9 Å². The van der Waals surface area contributed by atoms with Crippen LogP contribution in [-0.2, 0) is 24.3 Å². The Morgan fingerprint density at radius 2 is 1.84 bits per heavy atom. The van der Waals surface area contributed by atoms with E-state index in [1.807, 2.05) is 0 Å². The molecule has 1 saturated carbocycles. The van der Waals surface area contributed by atoms with E-state index in [1.165, 1.54) is 17.2 Å². The molecule has 1 aliphatic carbocycles. The summed E-state index contributed by atoms with van der Waals surface area (Å²) in [4.78, 5) is 31.5. The lowest BCUT2D eigenvalue weighted by atomic mass is 9.89. The van der Waals surface area contributed by atoms with Gasteiger partial charge in [-0.1, -0.05) is 54.4 Å². The summed E-state index contributed by atoms with van der Waals surface area (Å²) in [6.07, 6.45) is -0.437. The number of aromatic nitrogens is 1. The maximum atomic E-state index is 15.1. The molecule has 0 radical (unpaired) electrons. The lowest BCUT2D eigenvalue weighted by molar-refractivity contribution is -0.183. The van der Waals surface area contributed by atoms with E-state index in [-0.39, 0.29) is 18.8 Å². The van der Waals surface area contributed by atoms with Gasteiger partial charge in [-0.05, 0) is 66.8 Å². The maximum absolute atomic E-state index is 15.1. The Morgan fingerprint density at radius 1 is 1.12 bits per heavy atom. The van der Waals surface area contributed by atoms with Gasteiger partial charge in [0.25, 0.3) is 5.91 Å². The number of pyridine rings is 1. The van der Waals surface area contributed by atoms with Gasteiger partial charge >= 0.3 is 5.97 Å². The number of hydrogen-bond acceptors (Lipinski definition) is 6. The smallest absolute Gasteiger partial charge is 0.306 e. The van der Waals surface area contributed by atoms with Crippen LogP contribution in [-0.4, -0.2) is 59.2 Å². The van der Waals surface area contributed by atoms with Crippen LogP contribution in [0.3, 0.4) is 0 Å². The van der Waals surface area contributed by atoms with Gasteiger partial charge in [0.2, 0.25) is 10.0 Å². The fraction of sp³-hybridized carbons (Fsp3) is 0.367. The number of rotatable bonds is 11. The number of hydrogen-bond donors (Lipinski definition) is 1. The Kier molecular flexibility index (Phi) is 9.26. The average Bonchev–Trinajstić information content (AvgIpc) is 3.82. The van der Waals surface area contributed by atoms with Gasteiger partial charge in [-0.15, -0.1) is 0 Å². The number of carbonyl (C=O) groups excluding carboxylic acids is 1. The van der Waals surface area contributed by atoms with Crippen molar-refractivity contribution in [3.63, 3.8) is 0 Å². The maximum Gasteiger partial charge on any atom is 0.306 e. The van der Waals surface area contributed by atoms with E-state index < -0.39 is 63.7 Å². The molecule has 1 saturated heterocycles. The van der Waals surface area contributed by atoms with Gasteiger partial charge in [-0.25, -0.2) is 22.1 Å². The Labute approximate surface area is 259 Å². The highest BCUT2D eigenvalue weighted by Gasteiger charge is 2.49. The molecule has 0 spiro atoms. The van der Waals surface area contributed by atoms with Crippen molar-refractivity contribution in [1.82, 2.24) is 9.88 Å². The SMILES string of the molecule is CC[C@H](CN(c1ncccc1F)S(=O)(=O)C1CC1)N1C(=O)[C@H](CC(=O)O)O[C@@H](c2cccc(Cl)c2)[C@@H]1c1ccc(Cl)cc1. The summed E-state index contributed by atoms with van der Waals surface area (Å²) in [5, 5.41) is 9.84. The van der Waals surface area contributed by atoms with Crippen LogP contribution in [0.5, 0.6) is 0 Å². The Morgan fingerprint density at radius 3 is 2.44 bits per heavy atom. The van der Waals surface area contributed by atoms with Crippen molar-refractivity contribution in [2.45, 2.75) is 62.1 Å². The number of sulfonamides is 1. The second kappa shape index (κ2) is 12.8. The van der Waals surface area contributed by atoms with Gasteiger partial charge < -0.3 is 14.7 Å². The van der Waals surface area contributed by atoms with Crippen molar-refractivity contribution in [2.75, 3.05) is 10.8 Å². The number of morpholine rings is 1. The lowest BCUT2D eigenvalue weighted by Gasteiger charge is -2.48. The number of ether oxygens (including phenoxy) is 1. The number of nitrogens with zero attached hydrogens (tertiary/aromatic N) is 3. The number of carbonyl (C=O) groups is 2. The van der Waals surface area contributed by atoms with E-state index in [0.717, 1.165) is 10.4 Å². The molecule has 2 aliphatic rings. The number of carboxylic acids is 1. The molecule has 2 heterocycles. The van der Waals surface area contributed by atoms with Crippen LogP contribution in [0.2, 0.25) is 10.0 Å². The molecule has 2 aromatic carbocycles. The molecule has 13 heteroatoms. The summed E-state index contributed by atoms with van der Waals surface area (Å²) in [7, 11) is -4.02. The van der Waals surface area contributed by atoms with Crippen molar-refractivity contribution in [1.29, 1.82) is 0 Å². The fourth-order valence-corrected chi connectivity index (χ4v) is 7.59. The predicted octanol–water partition coefficient (Wildman–Crippen LogP) is 5.79. The van der Waals surface area contributed by atoms with Crippen molar-refractivity contribution < 1.29 is 32.2 Å². The minimum atomic E-state index is -4.02. The van der Waals surface area contributed by atoms with E-state index >= 15 is 4.39 Å². The first kappa shape index (κ1) is 31.2. The minimum absolute atomic E-state index is 0.253. The predicted molar refractivity (Wildman–Crippen MR) is 160 cm³/mol. The molecule has 0 unspecified atom stereocenters. The van der Waals surface area contributed by atoms with E-state index in [9.17, 15) is 23.1 Å². The summed E-state index contributed by atoms with van der Waals surface area (Å²) in [6, 6.07) is 14.5. The number of halogens is 3. The number of amides is 1. The number of carboxylic acid groups (broad SMARTS) is 1. The summed E-state index contributed by atoms with van der Waals surface area (Å²) < 4.78 is 49.6. The topological polar surface area (TPSA) is 117 Å². The summed E-state index contributed by atoms with van der Waals surface area (Å²) in [5.74, 6) is -3.04. The molecular weight excluding hydrogens is 620 g/mol. The Balaban J connectivity index is 1.66. The third-order valence-electron chi connectivity index (χ3n) is 7.65. The van der Waals surface area contributed by atoms with Gasteiger partial charge in [0, 0.05) is 16.2 Å². The fourth-order valence-electron chi connectivity index (χ4n) is 5.42. The molecule has 5 rings (SSSR count). The second-order valence-corrected chi connectivity index (χ2v) is 13.6. The lowest BCUT2D eigenvalue weighted by Crippen LogP contribution is -2.58. The van der Waals surface area contributed by atoms with Gasteiger partial charge in [0.05, 0.1) is 30.3 Å². The first-order valence-electron chi connectivity index (χ1n) is 13.8. The summed E-state index contributed by atoms with van der Waals surface area (Å²) in [6.45, 7) is 1.48. The molecule has 4 atom stereocenters. The van der Waals surface area contributed by atoms with Gasteiger partial charge in [-0.3, -0.25) is 9.59 Å². The Hall–Kier alpha value is -3.25. The zero-order valence-corrected chi connectivity index (χ0v) is 25.5. The van der Waals surface area contributed by atoms with Crippen LogP contribution in [0.25, 0.3) is 0 Å². The van der Waals surface area contributed by atoms with Gasteiger partial charge in [-0.2, -0.15) is 0 Å². The largest absolute Gasteiger partial charge is 0.481 e. The van der Waals surface area contributed by atoms with Crippen LogP contribution in [0.4, 0.5) is 10.2 Å². The average molecular weight is 651 g/mol. The van der Waals surface area contributed by atoms with E-state index in [1.54, 1.807) is 55.5 Å². The normalized spacial score (nSPS) is 21.4. The zero-order valence-electron chi connectivity index (χ0n) is 23.1. The van der Waals surface area contributed by atoms with Crippen LogP contribution in [0.15, 0.2) is 66.9 Å².